The molecule has 0 radical (unpaired) electrons. The number of anilines is 2. The second-order valence-electron chi connectivity index (χ2n) is 6.18. The third kappa shape index (κ3) is 3.49. The second-order valence-corrected chi connectivity index (χ2v) is 6.18. The molecule has 0 atom stereocenters. The van der Waals surface area contributed by atoms with Crippen LogP contribution < -0.4 is 5.32 Å². The molecule has 0 unspecified atom stereocenters. The maximum absolute atomic E-state index is 10.1. The maximum atomic E-state index is 10.1. The van der Waals surface area contributed by atoms with Crippen LogP contribution in [0, 0.1) is 6.92 Å². The maximum Gasteiger partial charge on any atom is 0.120 e. The van der Waals surface area contributed by atoms with Gasteiger partial charge in [0.25, 0.3) is 0 Å². The van der Waals surface area contributed by atoms with Gasteiger partial charge in [-0.2, -0.15) is 0 Å². The average Bonchev–Trinajstić information content (AvgIpc) is 2.57. The first-order chi connectivity index (χ1) is 11.6. The minimum Gasteiger partial charge on any atom is -0.508 e. The lowest BCUT2D eigenvalue weighted by atomic mass is 10.1. The fourth-order valence-electron chi connectivity index (χ4n) is 2.72. The van der Waals surface area contributed by atoms with Crippen LogP contribution in [0.4, 0.5) is 11.4 Å². The van der Waals surface area contributed by atoms with Gasteiger partial charge in [-0.1, -0.05) is 19.1 Å². The fourth-order valence-corrected chi connectivity index (χ4v) is 2.72. The summed E-state index contributed by atoms with van der Waals surface area (Å²) in [5.74, 6) is 0.330. The van der Waals surface area contributed by atoms with Gasteiger partial charge in [0.2, 0.25) is 0 Å². The summed E-state index contributed by atoms with van der Waals surface area (Å²) >= 11 is 0. The summed E-state index contributed by atoms with van der Waals surface area (Å²) in [4.78, 5) is 6.60. The van der Waals surface area contributed by atoms with Gasteiger partial charge in [0, 0.05) is 35.1 Å². The van der Waals surface area contributed by atoms with E-state index in [1.165, 1.54) is 5.56 Å². The summed E-state index contributed by atoms with van der Waals surface area (Å²) in [6.07, 6.45) is 1.82. The molecule has 4 nitrogen and oxygen atoms in total. The van der Waals surface area contributed by atoms with E-state index in [1.54, 1.807) is 6.07 Å². The molecule has 2 aromatic carbocycles. The van der Waals surface area contributed by atoms with Crippen molar-refractivity contribution in [2.75, 3.05) is 18.9 Å². The molecule has 0 saturated carbocycles. The molecule has 0 bridgehead atoms. The SMILES string of the molecule is CCN(C)Cc1cc(Nc2ccnc3cc(C)ccc23)ccc1O. The van der Waals surface area contributed by atoms with Gasteiger partial charge in [-0.25, -0.2) is 0 Å². The predicted molar refractivity (Wildman–Crippen MR) is 99.9 cm³/mol. The quantitative estimate of drug-likeness (QED) is 0.682. The average molecular weight is 321 g/mol. The number of hydrogen-bond donors (Lipinski definition) is 2. The highest BCUT2D eigenvalue weighted by atomic mass is 16.3. The topological polar surface area (TPSA) is 48.4 Å². The zero-order valence-electron chi connectivity index (χ0n) is 14.4. The molecular formula is C20H23N3O. The molecule has 1 aromatic heterocycles. The summed E-state index contributed by atoms with van der Waals surface area (Å²) in [6, 6.07) is 13.9. The number of aryl methyl sites for hydroxylation is 1. The Bertz CT molecular complexity index is 861. The van der Waals surface area contributed by atoms with E-state index in [1.807, 2.05) is 31.4 Å². The van der Waals surface area contributed by atoms with E-state index < -0.39 is 0 Å². The Morgan fingerprint density at radius 3 is 2.75 bits per heavy atom. The van der Waals surface area contributed by atoms with Crippen LogP contribution in [0.1, 0.15) is 18.1 Å². The van der Waals surface area contributed by atoms with Crippen LogP contribution in [0.15, 0.2) is 48.7 Å². The minimum absolute atomic E-state index is 0.330. The van der Waals surface area contributed by atoms with Crippen molar-refractivity contribution < 1.29 is 5.11 Å². The van der Waals surface area contributed by atoms with Gasteiger partial charge in [-0.3, -0.25) is 4.98 Å². The van der Waals surface area contributed by atoms with Crippen LogP contribution in [0.5, 0.6) is 5.75 Å². The Balaban J connectivity index is 1.93. The molecule has 0 saturated heterocycles. The van der Waals surface area contributed by atoms with E-state index >= 15 is 0 Å². The zero-order valence-corrected chi connectivity index (χ0v) is 14.4. The molecule has 3 rings (SSSR count). The molecule has 2 N–H and O–H groups in total. The van der Waals surface area contributed by atoms with Crippen LogP contribution in [0.3, 0.4) is 0 Å². The molecule has 0 aliphatic rings. The molecule has 124 valence electrons. The number of aromatic hydroxyl groups is 1. The van der Waals surface area contributed by atoms with Crippen molar-refractivity contribution in [2.24, 2.45) is 0 Å². The Hall–Kier alpha value is -2.59. The van der Waals surface area contributed by atoms with Crippen LogP contribution in [0.2, 0.25) is 0 Å². The molecule has 4 heteroatoms. The van der Waals surface area contributed by atoms with E-state index in [0.717, 1.165) is 34.4 Å². The van der Waals surface area contributed by atoms with Crippen molar-refractivity contribution in [3.05, 3.63) is 59.8 Å². The molecule has 0 spiro atoms. The molecule has 3 aromatic rings. The first-order valence-electron chi connectivity index (χ1n) is 8.19. The molecule has 24 heavy (non-hydrogen) atoms. The standard InChI is InChI=1S/C20H23N3O/c1-4-23(3)13-15-12-16(6-8-20(15)24)22-18-9-10-21-19-11-14(2)5-7-17(18)19/h5-12,24H,4,13H2,1-3H3,(H,21,22). The smallest absolute Gasteiger partial charge is 0.120 e. The monoisotopic (exact) mass is 321 g/mol. The molecule has 0 aliphatic heterocycles. The van der Waals surface area contributed by atoms with E-state index in [2.05, 4.69) is 47.2 Å². The number of phenols is 1. The number of nitrogens with one attached hydrogen (secondary N) is 1. The lowest BCUT2D eigenvalue weighted by molar-refractivity contribution is 0.337. The van der Waals surface area contributed by atoms with Gasteiger partial charge in [0.05, 0.1) is 5.52 Å². The van der Waals surface area contributed by atoms with Crippen molar-refractivity contribution in [3.63, 3.8) is 0 Å². The fraction of sp³-hybridized carbons (Fsp3) is 0.250. The van der Waals surface area contributed by atoms with Crippen molar-refractivity contribution >= 4 is 22.3 Å². The number of fused-ring (bicyclic) bond motifs is 1. The number of aromatic nitrogens is 1. The van der Waals surface area contributed by atoms with E-state index in [9.17, 15) is 5.11 Å². The Morgan fingerprint density at radius 1 is 1.12 bits per heavy atom. The van der Waals surface area contributed by atoms with Gasteiger partial charge >= 0.3 is 0 Å². The molecule has 0 fully saturated rings. The van der Waals surface area contributed by atoms with E-state index in [0.29, 0.717) is 12.3 Å². The number of benzene rings is 2. The highest BCUT2D eigenvalue weighted by molar-refractivity contribution is 5.93. The summed E-state index contributed by atoms with van der Waals surface area (Å²) < 4.78 is 0. The second kappa shape index (κ2) is 6.89. The first-order valence-corrected chi connectivity index (χ1v) is 8.19. The Kier molecular flexibility index (Phi) is 4.67. The van der Waals surface area contributed by atoms with E-state index in [-0.39, 0.29) is 0 Å². The number of pyridine rings is 1. The van der Waals surface area contributed by atoms with Crippen molar-refractivity contribution in [2.45, 2.75) is 20.4 Å². The number of hydrogen-bond acceptors (Lipinski definition) is 4. The predicted octanol–water partition coefficient (Wildman–Crippen LogP) is 4.44. The highest BCUT2D eigenvalue weighted by Gasteiger charge is 2.07. The van der Waals surface area contributed by atoms with Crippen LogP contribution in [-0.4, -0.2) is 28.6 Å². The molecule has 1 heterocycles. The number of phenolic OH excluding ortho intramolecular Hbond substituents is 1. The third-order valence-electron chi connectivity index (χ3n) is 4.24. The lowest BCUT2D eigenvalue weighted by Gasteiger charge is -2.16. The van der Waals surface area contributed by atoms with Gasteiger partial charge in [0.15, 0.2) is 0 Å². The largest absolute Gasteiger partial charge is 0.508 e. The van der Waals surface area contributed by atoms with Crippen LogP contribution >= 0.6 is 0 Å². The van der Waals surface area contributed by atoms with Crippen molar-refractivity contribution in [3.8, 4) is 5.75 Å². The van der Waals surface area contributed by atoms with Gasteiger partial charge in [-0.05, 0) is 56.4 Å². The summed E-state index contributed by atoms with van der Waals surface area (Å²) in [7, 11) is 2.04. The van der Waals surface area contributed by atoms with Gasteiger partial charge in [-0.15, -0.1) is 0 Å². The Morgan fingerprint density at radius 2 is 1.96 bits per heavy atom. The highest BCUT2D eigenvalue weighted by Crippen LogP contribution is 2.28. The normalized spacial score (nSPS) is 11.2. The molecule has 0 amide bonds. The summed E-state index contributed by atoms with van der Waals surface area (Å²) in [6.45, 7) is 5.82. The Labute approximate surface area is 142 Å². The zero-order chi connectivity index (χ0) is 17.1. The summed E-state index contributed by atoms with van der Waals surface area (Å²) in [5.41, 5.74) is 5.06. The molecule has 0 aliphatic carbocycles. The van der Waals surface area contributed by atoms with Crippen molar-refractivity contribution in [1.82, 2.24) is 9.88 Å². The molecular weight excluding hydrogens is 298 g/mol. The third-order valence-corrected chi connectivity index (χ3v) is 4.24. The summed E-state index contributed by atoms with van der Waals surface area (Å²) in [5, 5.41) is 14.6. The van der Waals surface area contributed by atoms with Gasteiger partial charge in [0.1, 0.15) is 5.75 Å². The number of rotatable bonds is 5. The van der Waals surface area contributed by atoms with Crippen LogP contribution in [0.25, 0.3) is 10.9 Å². The minimum atomic E-state index is 0.330. The number of nitrogens with zero attached hydrogens (tertiary/aromatic N) is 2. The first kappa shape index (κ1) is 16.3. The van der Waals surface area contributed by atoms with Crippen LogP contribution in [-0.2, 0) is 6.54 Å². The lowest BCUT2D eigenvalue weighted by Crippen LogP contribution is -2.16. The van der Waals surface area contributed by atoms with E-state index in [4.69, 9.17) is 0 Å². The van der Waals surface area contributed by atoms with Gasteiger partial charge < -0.3 is 15.3 Å². The van der Waals surface area contributed by atoms with Crippen molar-refractivity contribution in [1.29, 1.82) is 0 Å².